The molecule has 6 heteroatoms. The molecular formula is C15H21FN2O2S. The van der Waals surface area contributed by atoms with Crippen LogP contribution in [0.5, 0.6) is 0 Å². The van der Waals surface area contributed by atoms with Crippen molar-refractivity contribution >= 4 is 10.0 Å². The third kappa shape index (κ3) is 3.81. The van der Waals surface area contributed by atoms with E-state index in [0.717, 1.165) is 31.7 Å². The molecule has 21 heavy (non-hydrogen) atoms. The lowest BCUT2D eigenvalue weighted by atomic mass is 10.2. The zero-order valence-corrected chi connectivity index (χ0v) is 12.9. The van der Waals surface area contributed by atoms with E-state index in [1.165, 1.54) is 6.07 Å². The molecular weight excluding hydrogens is 291 g/mol. The molecule has 2 N–H and O–H groups in total. The average molecular weight is 312 g/mol. The van der Waals surface area contributed by atoms with Crippen LogP contribution in [0, 0.1) is 11.7 Å². The number of benzene rings is 1. The maximum atomic E-state index is 13.5. The predicted octanol–water partition coefficient (Wildman–Crippen LogP) is 2.15. The highest BCUT2D eigenvalue weighted by atomic mass is 32.2. The van der Waals surface area contributed by atoms with Gasteiger partial charge >= 0.3 is 0 Å². The van der Waals surface area contributed by atoms with Gasteiger partial charge in [-0.05, 0) is 56.2 Å². The highest BCUT2D eigenvalue weighted by molar-refractivity contribution is 7.89. The van der Waals surface area contributed by atoms with Gasteiger partial charge in [0, 0.05) is 18.6 Å². The minimum atomic E-state index is -3.68. The Kier molecular flexibility index (Phi) is 4.03. The summed E-state index contributed by atoms with van der Waals surface area (Å²) >= 11 is 0. The number of hydrogen-bond acceptors (Lipinski definition) is 3. The van der Waals surface area contributed by atoms with E-state index in [1.807, 2.05) is 6.92 Å². The van der Waals surface area contributed by atoms with Crippen LogP contribution < -0.4 is 10.0 Å². The quantitative estimate of drug-likeness (QED) is 0.811. The maximum Gasteiger partial charge on any atom is 0.241 e. The standard InChI is InChI=1S/C15H21FN2O2S/c1-10(11-2-3-11)18-21(19,20)15-8-13(16)5-4-12(15)9-17-14-6-7-14/h4-5,8,10-11,14,17-18H,2-3,6-7,9H2,1H3. The van der Waals surface area contributed by atoms with E-state index < -0.39 is 15.8 Å². The topological polar surface area (TPSA) is 58.2 Å². The van der Waals surface area contributed by atoms with Crippen LogP contribution in [-0.4, -0.2) is 20.5 Å². The zero-order valence-electron chi connectivity index (χ0n) is 12.1. The summed E-state index contributed by atoms with van der Waals surface area (Å²) in [4.78, 5) is 0.0585. The molecule has 2 aliphatic carbocycles. The molecule has 116 valence electrons. The Balaban J connectivity index is 1.81. The fourth-order valence-electron chi connectivity index (χ4n) is 2.47. The molecule has 0 aliphatic heterocycles. The first-order chi connectivity index (χ1) is 9.95. The molecule has 1 aromatic carbocycles. The number of sulfonamides is 1. The molecule has 2 aliphatic rings. The van der Waals surface area contributed by atoms with Crippen molar-refractivity contribution in [2.45, 2.75) is 56.1 Å². The van der Waals surface area contributed by atoms with Gasteiger partial charge in [0.15, 0.2) is 0 Å². The summed E-state index contributed by atoms with van der Waals surface area (Å²) in [5.41, 5.74) is 0.624. The molecule has 2 fully saturated rings. The highest BCUT2D eigenvalue weighted by Gasteiger charge is 2.32. The Bertz CT molecular complexity index is 625. The zero-order chi connectivity index (χ0) is 15.0. The lowest BCUT2D eigenvalue weighted by molar-refractivity contribution is 0.534. The largest absolute Gasteiger partial charge is 0.310 e. The van der Waals surface area contributed by atoms with Crippen molar-refractivity contribution in [1.29, 1.82) is 0 Å². The molecule has 0 saturated heterocycles. The van der Waals surface area contributed by atoms with Gasteiger partial charge in [-0.2, -0.15) is 0 Å². The van der Waals surface area contributed by atoms with Crippen molar-refractivity contribution < 1.29 is 12.8 Å². The van der Waals surface area contributed by atoms with Crippen LogP contribution in [0.1, 0.15) is 38.2 Å². The summed E-state index contributed by atoms with van der Waals surface area (Å²) in [5.74, 6) is -0.106. The van der Waals surface area contributed by atoms with E-state index in [4.69, 9.17) is 0 Å². The number of halogens is 1. The molecule has 1 atom stereocenters. The number of rotatable bonds is 7. The third-order valence-electron chi connectivity index (χ3n) is 4.15. The molecule has 0 spiro atoms. The van der Waals surface area contributed by atoms with Crippen molar-refractivity contribution in [2.24, 2.45) is 5.92 Å². The molecule has 1 aromatic rings. The second-order valence-corrected chi connectivity index (χ2v) is 7.84. The second-order valence-electron chi connectivity index (χ2n) is 6.15. The van der Waals surface area contributed by atoms with Crippen LogP contribution in [0.4, 0.5) is 4.39 Å². The molecule has 0 heterocycles. The van der Waals surface area contributed by atoms with E-state index in [2.05, 4.69) is 10.0 Å². The van der Waals surface area contributed by atoms with E-state index in [1.54, 1.807) is 6.07 Å². The number of nitrogens with one attached hydrogen (secondary N) is 2. The van der Waals surface area contributed by atoms with Gasteiger partial charge in [-0.25, -0.2) is 17.5 Å². The Labute approximate surface area is 125 Å². The molecule has 0 amide bonds. The Hall–Kier alpha value is -0.980. The summed E-state index contributed by atoms with van der Waals surface area (Å²) in [6.45, 7) is 2.33. The second kappa shape index (κ2) is 5.66. The predicted molar refractivity (Wildman–Crippen MR) is 78.8 cm³/mol. The molecule has 0 radical (unpaired) electrons. The lowest BCUT2D eigenvalue weighted by Crippen LogP contribution is -2.35. The molecule has 4 nitrogen and oxygen atoms in total. The summed E-state index contributed by atoms with van der Waals surface area (Å²) in [6.07, 6.45) is 4.37. The van der Waals surface area contributed by atoms with Gasteiger partial charge < -0.3 is 5.32 Å². The van der Waals surface area contributed by atoms with Crippen LogP contribution in [0.3, 0.4) is 0 Å². The van der Waals surface area contributed by atoms with Crippen LogP contribution in [0.2, 0.25) is 0 Å². The van der Waals surface area contributed by atoms with E-state index in [-0.39, 0.29) is 10.9 Å². The molecule has 2 saturated carbocycles. The van der Waals surface area contributed by atoms with Gasteiger partial charge in [0.05, 0.1) is 4.90 Å². The summed E-state index contributed by atoms with van der Waals surface area (Å²) in [6, 6.07) is 4.37. The fraction of sp³-hybridized carbons (Fsp3) is 0.600. The first-order valence-corrected chi connectivity index (χ1v) is 8.98. The van der Waals surface area contributed by atoms with Gasteiger partial charge in [0.25, 0.3) is 0 Å². The van der Waals surface area contributed by atoms with Gasteiger partial charge in [-0.3, -0.25) is 0 Å². The van der Waals surface area contributed by atoms with Crippen LogP contribution in [-0.2, 0) is 16.6 Å². The van der Waals surface area contributed by atoms with E-state index in [9.17, 15) is 12.8 Å². The number of hydrogen-bond donors (Lipinski definition) is 2. The summed E-state index contributed by atoms with van der Waals surface area (Å²) in [7, 11) is -3.68. The van der Waals surface area contributed by atoms with E-state index >= 15 is 0 Å². The van der Waals surface area contributed by atoms with Crippen LogP contribution >= 0.6 is 0 Å². The van der Waals surface area contributed by atoms with E-state index in [0.29, 0.717) is 24.1 Å². The lowest BCUT2D eigenvalue weighted by Gasteiger charge is -2.16. The Morgan fingerprint density at radius 1 is 1.29 bits per heavy atom. The van der Waals surface area contributed by atoms with Gasteiger partial charge in [-0.15, -0.1) is 0 Å². The molecule has 1 unspecified atom stereocenters. The maximum absolute atomic E-state index is 13.5. The summed E-state index contributed by atoms with van der Waals surface area (Å²) < 4.78 is 41.2. The van der Waals surface area contributed by atoms with Crippen LogP contribution in [0.15, 0.2) is 23.1 Å². The molecule has 0 aromatic heterocycles. The van der Waals surface area contributed by atoms with Crippen molar-refractivity contribution in [3.05, 3.63) is 29.6 Å². The van der Waals surface area contributed by atoms with Crippen molar-refractivity contribution in [3.8, 4) is 0 Å². The van der Waals surface area contributed by atoms with Crippen LogP contribution in [0.25, 0.3) is 0 Å². The van der Waals surface area contributed by atoms with Gasteiger partial charge in [0.1, 0.15) is 5.82 Å². The minimum absolute atomic E-state index is 0.0585. The van der Waals surface area contributed by atoms with Gasteiger partial charge in [0.2, 0.25) is 10.0 Å². The Morgan fingerprint density at radius 2 is 2.00 bits per heavy atom. The first kappa shape index (κ1) is 14.9. The SMILES string of the molecule is CC(NS(=O)(=O)c1cc(F)ccc1CNC1CC1)C1CC1. The average Bonchev–Trinajstić information content (AvgIpc) is 3.27. The van der Waals surface area contributed by atoms with Gasteiger partial charge in [-0.1, -0.05) is 6.07 Å². The smallest absolute Gasteiger partial charge is 0.241 e. The normalized spacial score (nSPS) is 20.5. The van der Waals surface area contributed by atoms with Crippen molar-refractivity contribution in [3.63, 3.8) is 0 Å². The molecule has 3 rings (SSSR count). The monoisotopic (exact) mass is 312 g/mol. The highest BCUT2D eigenvalue weighted by Crippen LogP contribution is 2.33. The first-order valence-electron chi connectivity index (χ1n) is 7.50. The third-order valence-corrected chi connectivity index (χ3v) is 5.79. The fourth-order valence-corrected chi connectivity index (χ4v) is 4.03. The Morgan fingerprint density at radius 3 is 2.62 bits per heavy atom. The van der Waals surface area contributed by atoms with Crippen molar-refractivity contribution in [1.82, 2.24) is 10.0 Å². The minimum Gasteiger partial charge on any atom is -0.310 e. The molecule has 0 bridgehead atoms. The summed E-state index contributed by atoms with van der Waals surface area (Å²) in [5, 5.41) is 3.28. The van der Waals surface area contributed by atoms with Crippen molar-refractivity contribution in [2.75, 3.05) is 0 Å².